The molecule has 3 heterocycles. The minimum absolute atomic E-state index is 0.0150. The molecule has 1 aliphatic rings. The molecule has 0 aliphatic heterocycles. The van der Waals surface area contributed by atoms with Crippen LogP contribution >= 0.6 is 0 Å². The molecule has 4 rings (SSSR count). The Kier molecular flexibility index (Phi) is 4.76. The number of amides is 1. The van der Waals surface area contributed by atoms with Crippen LogP contribution in [0.15, 0.2) is 24.5 Å². The monoisotopic (exact) mass is 392 g/mol. The van der Waals surface area contributed by atoms with E-state index >= 15 is 0 Å². The third-order valence-electron chi connectivity index (χ3n) is 5.37. The predicted octanol–water partition coefficient (Wildman–Crippen LogP) is 3.25. The Balaban J connectivity index is 1.72. The van der Waals surface area contributed by atoms with Crippen LogP contribution in [0.1, 0.15) is 45.4 Å². The molecule has 1 atom stereocenters. The molecule has 3 aromatic rings. The van der Waals surface area contributed by atoms with Crippen LogP contribution in [0.5, 0.6) is 0 Å². The molecule has 0 unspecified atom stereocenters. The lowest BCUT2D eigenvalue weighted by atomic mass is 10.1. The molecule has 152 valence electrons. The largest absolute Gasteiger partial charge is 0.360 e. The second-order valence-corrected chi connectivity index (χ2v) is 8.81. The maximum Gasteiger partial charge on any atom is 0.242 e. The van der Waals surface area contributed by atoms with Crippen molar-refractivity contribution in [1.29, 1.82) is 0 Å². The second-order valence-electron chi connectivity index (χ2n) is 8.81. The van der Waals surface area contributed by atoms with Gasteiger partial charge in [0, 0.05) is 35.4 Å². The van der Waals surface area contributed by atoms with Crippen LogP contribution in [-0.2, 0) is 17.6 Å². The number of rotatable bonds is 4. The number of hydrogen-bond acceptors (Lipinski definition) is 5. The first kappa shape index (κ1) is 19.4. The summed E-state index contributed by atoms with van der Waals surface area (Å²) in [4.78, 5) is 32.1. The predicted molar refractivity (Wildman–Crippen MR) is 115 cm³/mol. The van der Waals surface area contributed by atoms with Gasteiger partial charge in [-0.3, -0.25) is 9.78 Å². The van der Waals surface area contributed by atoms with Gasteiger partial charge in [0.1, 0.15) is 17.6 Å². The summed E-state index contributed by atoms with van der Waals surface area (Å²) in [5, 5.41) is 4.14. The molecule has 0 radical (unpaired) electrons. The van der Waals surface area contributed by atoms with Gasteiger partial charge in [-0.25, -0.2) is 9.97 Å². The van der Waals surface area contributed by atoms with Crippen molar-refractivity contribution in [2.45, 2.75) is 58.5 Å². The first-order valence-corrected chi connectivity index (χ1v) is 10.1. The molecule has 7 nitrogen and oxygen atoms in total. The van der Waals surface area contributed by atoms with Crippen molar-refractivity contribution < 1.29 is 4.79 Å². The van der Waals surface area contributed by atoms with Crippen molar-refractivity contribution in [2.24, 2.45) is 0 Å². The molecule has 0 fully saturated rings. The summed E-state index contributed by atoms with van der Waals surface area (Å²) in [7, 11) is 1.93. The maximum atomic E-state index is 12.7. The highest BCUT2D eigenvalue weighted by Gasteiger charge is 2.28. The Morgan fingerprint density at radius 1 is 1.28 bits per heavy atom. The number of aryl methyl sites for hydroxylation is 1. The van der Waals surface area contributed by atoms with Crippen molar-refractivity contribution in [3.8, 4) is 11.5 Å². The van der Waals surface area contributed by atoms with E-state index in [1.807, 2.05) is 64.2 Å². The van der Waals surface area contributed by atoms with E-state index in [0.29, 0.717) is 5.82 Å². The van der Waals surface area contributed by atoms with Crippen LogP contribution < -0.4 is 10.2 Å². The van der Waals surface area contributed by atoms with E-state index < -0.39 is 0 Å². The van der Waals surface area contributed by atoms with E-state index in [1.165, 1.54) is 0 Å². The van der Waals surface area contributed by atoms with Gasteiger partial charge in [-0.2, -0.15) is 0 Å². The average Bonchev–Trinajstić information content (AvgIpc) is 3.32. The van der Waals surface area contributed by atoms with Crippen LogP contribution in [0.25, 0.3) is 22.4 Å². The molecule has 2 N–H and O–H groups in total. The van der Waals surface area contributed by atoms with E-state index in [9.17, 15) is 4.79 Å². The number of fused-ring (bicyclic) bond motifs is 2. The zero-order valence-corrected chi connectivity index (χ0v) is 17.7. The number of nitrogens with one attached hydrogen (secondary N) is 2. The molecule has 0 spiro atoms. The van der Waals surface area contributed by atoms with E-state index in [0.717, 1.165) is 52.9 Å². The summed E-state index contributed by atoms with van der Waals surface area (Å²) >= 11 is 0. The summed E-state index contributed by atoms with van der Waals surface area (Å²) in [5.74, 6) is 1.42. The van der Waals surface area contributed by atoms with Crippen LogP contribution in [0, 0.1) is 0 Å². The Bertz CT molecular complexity index is 1060. The Hall–Kier alpha value is -2.96. The molecule has 1 amide bonds. The molecule has 0 saturated carbocycles. The summed E-state index contributed by atoms with van der Waals surface area (Å²) in [6.45, 7) is 7.87. The summed E-state index contributed by atoms with van der Waals surface area (Å²) in [6, 6.07) is 3.67. The number of aromatic amines is 1. The molecule has 29 heavy (non-hydrogen) atoms. The zero-order chi connectivity index (χ0) is 20.8. The highest BCUT2D eigenvalue weighted by Crippen LogP contribution is 2.32. The van der Waals surface area contributed by atoms with Gasteiger partial charge in [-0.05, 0) is 59.1 Å². The quantitative estimate of drug-likeness (QED) is 0.712. The Morgan fingerprint density at radius 3 is 2.83 bits per heavy atom. The minimum atomic E-state index is -0.346. The Morgan fingerprint density at radius 2 is 2.07 bits per heavy atom. The number of likely N-dealkylation sites (N-methyl/N-ethyl adjacent to an activating group) is 1. The van der Waals surface area contributed by atoms with Crippen LogP contribution in [0.4, 0.5) is 5.82 Å². The molecule has 0 saturated heterocycles. The van der Waals surface area contributed by atoms with Crippen molar-refractivity contribution in [3.63, 3.8) is 0 Å². The van der Waals surface area contributed by atoms with E-state index in [4.69, 9.17) is 9.97 Å². The zero-order valence-electron chi connectivity index (χ0n) is 17.7. The fourth-order valence-corrected chi connectivity index (χ4v) is 3.73. The summed E-state index contributed by atoms with van der Waals surface area (Å²) in [6.07, 6.45) is 6.63. The number of H-pyrrole nitrogens is 1. The molecule has 1 aliphatic carbocycles. The third-order valence-corrected chi connectivity index (χ3v) is 5.37. The highest BCUT2D eigenvalue weighted by atomic mass is 16.2. The number of aromatic nitrogens is 4. The number of carbonyl (C=O) groups is 1. The molecule has 7 heteroatoms. The number of anilines is 1. The second kappa shape index (κ2) is 7.13. The third kappa shape index (κ3) is 3.81. The van der Waals surface area contributed by atoms with Crippen LogP contribution in [0.2, 0.25) is 0 Å². The fourth-order valence-electron chi connectivity index (χ4n) is 3.73. The topological polar surface area (TPSA) is 86.8 Å². The Labute approximate surface area is 171 Å². The number of hydrogen-bond donors (Lipinski definition) is 2. The van der Waals surface area contributed by atoms with E-state index in [1.54, 1.807) is 0 Å². The lowest BCUT2D eigenvalue weighted by Crippen LogP contribution is -2.50. The molecule has 3 aromatic heterocycles. The molecular weight excluding hydrogens is 364 g/mol. The van der Waals surface area contributed by atoms with Gasteiger partial charge in [0.25, 0.3) is 0 Å². The van der Waals surface area contributed by atoms with Crippen molar-refractivity contribution in [3.05, 3.63) is 35.8 Å². The van der Waals surface area contributed by atoms with Crippen molar-refractivity contribution in [1.82, 2.24) is 25.3 Å². The molecular formula is C22H28N6O. The van der Waals surface area contributed by atoms with Gasteiger partial charge in [-0.15, -0.1) is 0 Å². The normalized spacial score (nSPS) is 14.7. The van der Waals surface area contributed by atoms with Gasteiger partial charge in [0.2, 0.25) is 5.91 Å². The standard InChI is InChI=1S/C22H28N6O/c1-13(21(29)27-22(2,3)4)28(5)20-15-7-6-8-16(15)25-19(26-20)17-11-14-9-10-23-18(14)12-24-17/h9-13,23H,6-8H2,1-5H3,(H,27,29)/t13-/m1/s1. The van der Waals surface area contributed by atoms with Gasteiger partial charge < -0.3 is 15.2 Å². The van der Waals surface area contributed by atoms with Crippen molar-refractivity contribution in [2.75, 3.05) is 11.9 Å². The first-order valence-electron chi connectivity index (χ1n) is 10.1. The molecule has 0 bridgehead atoms. The maximum absolute atomic E-state index is 12.7. The van der Waals surface area contributed by atoms with E-state index in [2.05, 4.69) is 15.3 Å². The van der Waals surface area contributed by atoms with Gasteiger partial charge >= 0.3 is 0 Å². The van der Waals surface area contributed by atoms with Crippen LogP contribution in [-0.4, -0.2) is 44.5 Å². The fraction of sp³-hybridized carbons (Fsp3) is 0.455. The highest BCUT2D eigenvalue weighted by molar-refractivity contribution is 5.85. The first-order chi connectivity index (χ1) is 13.7. The van der Waals surface area contributed by atoms with E-state index in [-0.39, 0.29) is 17.5 Å². The number of pyridine rings is 1. The SMILES string of the molecule is C[C@H](C(=O)NC(C)(C)C)N(C)c1nc(-c2cc3cc[nH]c3cn2)nc2c1CCC2. The van der Waals surface area contributed by atoms with Gasteiger partial charge in [0.05, 0.1) is 11.7 Å². The minimum Gasteiger partial charge on any atom is -0.360 e. The summed E-state index contributed by atoms with van der Waals surface area (Å²) in [5.41, 5.74) is 3.67. The summed E-state index contributed by atoms with van der Waals surface area (Å²) < 4.78 is 0. The van der Waals surface area contributed by atoms with Crippen molar-refractivity contribution >= 4 is 22.6 Å². The number of nitrogens with zero attached hydrogens (tertiary/aromatic N) is 4. The van der Waals surface area contributed by atoms with Gasteiger partial charge in [-0.1, -0.05) is 0 Å². The molecule has 0 aromatic carbocycles. The smallest absolute Gasteiger partial charge is 0.242 e. The lowest BCUT2D eigenvalue weighted by molar-refractivity contribution is -0.123. The van der Waals surface area contributed by atoms with Gasteiger partial charge in [0.15, 0.2) is 5.82 Å². The van der Waals surface area contributed by atoms with Crippen LogP contribution in [0.3, 0.4) is 0 Å². The lowest BCUT2D eigenvalue weighted by Gasteiger charge is -2.30. The number of carbonyl (C=O) groups excluding carboxylic acids is 1. The average molecular weight is 393 g/mol.